The molecule has 18 heavy (non-hydrogen) atoms. The third kappa shape index (κ3) is 3.52. The van der Waals surface area contributed by atoms with E-state index in [4.69, 9.17) is 0 Å². The van der Waals surface area contributed by atoms with Crippen molar-refractivity contribution in [1.82, 2.24) is 4.90 Å². The Morgan fingerprint density at radius 2 is 1.67 bits per heavy atom. The topological polar surface area (TPSA) is 3.24 Å². The number of hydrogen-bond donors (Lipinski definition) is 0. The van der Waals surface area contributed by atoms with E-state index in [0.29, 0.717) is 4.90 Å². The quantitative estimate of drug-likeness (QED) is 0.658. The summed E-state index contributed by atoms with van der Waals surface area (Å²) < 4.78 is 87.1. The van der Waals surface area contributed by atoms with E-state index in [0.717, 1.165) is 0 Å². The molecule has 0 aliphatic carbocycles. The minimum atomic E-state index is -4.98. The molecule has 1 heterocycles. The molecule has 0 bridgehead atoms. The van der Waals surface area contributed by atoms with Gasteiger partial charge in [0.05, 0.1) is 5.92 Å². The molecule has 1 aliphatic rings. The number of halogens is 7. The summed E-state index contributed by atoms with van der Waals surface area (Å²) in [6, 6.07) is 0. The van der Waals surface area contributed by atoms with Crippen LogP contribution in [0.25, 0.3) is 0 Å². The zero-order chi connectivity index (χ0) is 14.1. The van der Waals surface area contributed by atoms with Crippen LogP contribution in [-0.2, 0) is 0 Å². The van der Waals surface area contributed by atoms with E-state index >= 15 is 0 Å². The molecule has 1 nitrogen and oxygen atoms in total. The Morgan fingerprint density at radius 3 is 2.06 bits per heavy atom. The molecule has 2 unspecified atom stereocenters. The summed E-state index contributed by atoms with van der Waals surface area (Å²) in [4.78, 5) is 0.423. The molecule has 0 aromatic rings. The minimum Gasteiger partial charge on any atom is -0.365 e. The van der Waals surface area contributed by atoms with Gasteiger partial charge in [-0.1, -0.05) is 6.92 Å². The van der Waals surface area contributed by atoms with Gasteiger partial charge in [0.2, 0.25) is 0 Å². The van der Waals surface area contributed by atoms with E-state index in [-0.39, 0.29) is 13.0 Å². The first-order valence-electron chi connectivity index (χ1n) is 5.25. The summed E-state index contributed by atoms with van der Waals surface area (Å²) >= 11 is 0. The van der Waals surface area contributed by atoms with Crippen molar-refractivity contribution >= 4 is 0 Å². The van der Waals surface area contributed by atoms with Gasteiger partial charge in [-0.15, -0.1) is 0 Å². The standard InChI is InChI=1S/C10H12F7N/c1-6-2-7(9(12,13)14)5-18(4-6)8(3-11)10(15,16)17/h3,6-7H,2,4-5H2,1H3/b8-3-. The monoisotopic (exact) mass is 279 g/mol. The van der Waals surface area contributed by atoms with E-state index in [1.807, 2.05) is 0 Å². The third-order valence-electron chi connectivity index (χ3n) is 2.86. The van der Waals surface area contributed by atoms with Crippen LogP contribution in [0.3, 0.4) is 0 Å². The number of piperidine rings is 1. The van der Waals surface area contributed by atoms with Crippen molar-refractivity contribution < 1.29 is 30.7 Å². The lowest BCUT2D eigenvalue weighted by Gasteiger charge is -2.39. The molecule has 0 aromatic carbocycles. The number of rotatable bonds is 1. The van der Waals surface area contributed by atoms with Gasteiger partial charge in [-0.2, -0.15) is 26.3 Å². The summed E-state index contributed by atoms with van der Waals surface area (Å²) in [5.41, 5.74) is -1.65. The zero-order valence-electron chi connectivity index (χ0n) is 9.45. The van der Waals surface area contributed by atoms with Gasteiger partial charge in [0.1, 0.15) is 12.0 Å². The molecule has 1 saturated heterocycles. The first-order chi connectivity index (χ1) is 8.05. The maximum atomic E-state index is 12.5. The highest BCUT2D eigenvalue weighted by atomic mass is 19.4. The van der Waals surface area contributed by atoms with Crippen molar-refractivity contribution in [3.05, 3.63) is 12.0 Å². The largest absolute Gasteiger partial charge is 0.433 e. The molecule has 0 radical (unpaired) electrons. The minimum absolute atomic E-state index is 0.234. The lowest BCUT2D eigenvalue weighted by molar-refractivity contribution is -0.194. The van der Waals surface area contributed by atoms with Crippen LogP contribution in [0.1, 0.15) is 13.3 Å². The van der Waals surface area contributed by atoms with E-state index in [9.17, 15) is 30.7 Å². The molecule has 2 atom stereocenters. The van der Waals surface area contributed by atoms with E-state index in [1.165, 1.54) is 6.92 Å². The van der Waals surface area contributed by atoms with Crippen molar-refractivity contribution in [2.45, 2.75) is 25.7 Å². The van der Waals surface area contributed by atoms with Crippen LogP contribution in [0.4, 0.5) is 30.7 Å². The fourth-order valence-corrected chi connectivity index (χ4v) is 2.10. The number of nitrogens with zero attached hydrogens (tertiary/aromatic N) is 1. The molecule has 8 heteroatoms. The molecule has 0 aromatic heterocycles. The van der Waals surface area contributed by atoms with Crippen molar-refractivity contribution in [2.24, 2.45) is 11.8 Å². The molecule has 1 rings (SSSR count). The normalized spacial score (nSPS) is 27.6. The van der Waals surface area contributed by atoms with Crippen molar-refractivity contribution in [3.8, 4) is 0 Å². The number of hydrogen-bond acceptors (Lipinski definition) is 1. The van der Waals surface area contributed by atoms with E-state index in [1.54, 1.807) is 0 Å². The van der Waals surface area contributed by atoms with Gasteiger partial charge in [0.25, 0.3) is 0 Å². The van der Waals surface area contributed by atoms with Crippen LogP contribution in [-0.4, -0.2) is 30.3 Å². The van der Waals surface area contributed by atoms with Gasteiger partial charge in [-0.3, -0.25) is 0 Å². The molecular weight excluding hydrogens is 267 g/mol. The van der Waals surface area contributed by atoms with Gasteiger partial charge in [-0.05, 0) is 12.3 Å². The fraction of sp³-hybridized carbons (Fsp3) is 0.800. The first-order valence-corrected chi connectivity index (χ1v) is 5.25. The van der Waals surface area contributed by atoms with Crippen molar-refractivity contribution in [1.29, 1.82) is 0 Å². The second-order valence-corrected chi connectivity index (χ2v) is 4.48. The highest BCUT2D eigenvalue weighted by Gasteiger charge is 2.47. The predicted molar refractivity (Wildman–Crippen MR) is 50.1 cm³/mol. The smallest absolute Gasteiger partial charge is 0.365 e. The molecule has 0 spiro atoms. The Kier molecular flexibility index (Phi) is 4.17. The summed E-state index contributed by atoms with van der Waals surface area (Å²) in [6.07, 6.45) is -10.5. The second-order valence-electron chi connectivity index (χ2n) is 4.48. The van der Waals surface area contributed by atoms with Gasteiger partial charge in [0.15, 0.2) is 0 Å². The molecule has 0 amide bonds. The molecule has 0 saturated carbocycles. The number of likely N-dealkylation sites (tertiary alicyclic amines) is 1. The van der Waals surface area contributed by atoms with Crippen molar-refractivity contribution in [2.75, 3.05) is 13.1 Å². The average Bonchev–Trinajstić information content (AvgIpc) is 2.13. The van der Waals surface area contributed by atoms with E-state index in [2.05, 4.69) is 0 Å². The average molecular weight is 279 g/mol. The van der Waals surface area contributed by atoms with Gasteiger partial charge < -0.3 is 4.90 Å². The Labute approximate surface area is 99.2 Å². The summed E-state index contributed by atoms with van der Waals surface area (Å²) in [6.45, 7) is 0.322. The predicted octanol–water partition coefficient (Wildman–Crippen LogP) is 3.88. The Morgan fingerprint density at radius 1 is 1.11 bits per heavy atom. The van der Waals surface area contributed by atoms with Gasteiger partial charge in [0, 0.05) is 13.1 Å². The third-order valence-corrected chi connectivity index (χ3v) is 2.86. The molecule has 106 valence electrons. The number of alkyl halides is 6. The maximum Gasteiger partial charge on any atom is 0.433 e. The van der Waals surface area contributed by atoms with Crippen LogP contribution in [0.2, 0.25) is 0 Å². The van der Waals surface area contributed by atoms with Crippen LogP contribution in [0.15, 0.2) is 12.0 Å². The molecule has 0 N–H and O–H groups in total. The molecule has 1 fully saturated rings. The van der Waals surface area contributed by atoms with Crippen LogP contribution in [0.5, 0.6) is 0 Å². The van der Waals surface area contributed by atoms with Gasteiger partial charge >= 0.3 is 12.4 Å². The molecular formula is C10H12F7N. The lowest BCUT2D eigenvalue weighted by Crippen LogP contribution is -2.46. The Bertz CT molecular complexity index is 317. The van der Waals surface area contributed by atoms with Crippen LogP contribution in [0, 0.1) is 11.8 Å². The maximum absolute atomic E-state index is 12.5. The van der Waals surface area contributed by atoms with Crippen molar-refractivity contribution in [3.63, 3.8) is 0 Å². The fourth-order valence-electron chi connectivity index (χ4n) is 2.10. The zero-order valence-corrected chi connectivity index (χ0v) is 9.45. The van der Waals surface area contributed by atoms with Crippen LogP contribution < -0.4 is 0 Å². The summed E-state index contributed by atoms with van der Waals surface area (Å²) in [7, 11) is 0. The Balaban J connectivity index is 2.90. The number of allylic oxidation sites excluding steroid dienone is 1. The first kappa shape index (κ1) is 15.1. The Hall–Kier alpha value is -0.950. The highest BCUT2D eigenvalue weighted by molar-refractivity contribution is 5.06. The second kappa shape index (κ2) is 4.97. The summed E-state index contributed by atoms with van der Waals surface area (Å²) in [5.74, 6) is -2.44. The lowest BCUT2D eigenvalue weighted by atomic mass is 9.89. The highest BCUT2D eigenvalue weighted by Crippen LogP contribution is 2.39. The van der Waals surface area contributed by atoms with Gasteiger partial charge in [-0.25, -0.2) is 4.39 Å². The SMILES string of the molecule is CC1CC(C(F)(F)F)CN(/C(=C\F)C(F)(F)F)C1. The van der Waals surface area contributed by atoms with Crippen LogP contribution >= 0.6 is 0 Å². The summed E-state index contributed by atoms with van der Waals surface area (Å²) in [5, 5.41) is 0. The molecule has 1 aliphatic heterocycles. The van der Waals surface area contributed by atoms with E-state index < -0.39 is 42.8 Å².